The van der Waals surface area contributed by atoms with Crippen LogP contribution in [0.2, 0.25) is 0 Å². The van der Waals surface area contributed by atoms with Crippen molar-refractivity contribution in [2.75, 3.05) is 19.6 Å². The molecular weight excluding hydrogens is 226 g/mol. The van der Waals surface area contributed by atoms with Crippen LogP contribution in [0.5, 0.6) is 0 Å². The molecule has 1 atom stereocenters. The average molecular weight is 253 g/mol. The van der Waals surface area contributed by atoms with Crippen molar-refractivity contribution in [3.63, 3.8) is 0 Å². The van der Waals surface area contributed by atoms with Crippen LogP contribution < -0.4 is 10.6 Å². The van der Waals surface area contributed by atoms with Crippen molar-refractivity contribution in [3.05, 3.63) is 0 Å². The number of hydrogen-bond acceptors (Lipinski definition) is 3. The summed E-state index contributed by atoms with van der Waals surface area (Å²) in [5.41, 5.74) is 0. The Morgan fingerprint density at radius 3 is 2.56 bits per heavy atom. The lowest BCUT2D eigenvalue weighted by Gasteiger charge is -2.41. The van der Waals surface area contributed by atoms with Crippen LogP contribution in [0.4, 0.5) is 0 Å². The summed E-state index contributed by atoms with van der Waals surface area (Å²) in [6.45, 7) is 7.31. The van der Waals surface area contributed by atoms with Gasteiger partial charge in [0.05, 0.1) is 6.04 Å². The Balaban J connectivity index is 1.85. The third-order valence-electron chi connectivity index (χ3n) is 4.29. The Bertz CT molecular complexity index is 272. The van der Waals surface area contributed by atoms with Gasteiger partial charge in [0.1, 0.15) is 0 Å². The third kappa shape index (κ3) is 3.23. The zero-order valence-corrected chi connectivity index (χ0v) is 11.7. The average Bonchev–Trinajstić information content (AvgIpc) is 2.77. The molecule has 0 aromatic carbocycles. The highest BCUT2D eigenvalue weighted by Crippen LogP contribution is 2.18. The first kappa shape index (κ1) is 13.8. The summed E-state index contributed by atoms with van der Waals surface area (Å²) in [6.07, 6.45) is 5.97. The van der Waals surface area contributed by atoms with Gasteiger partial charge in [-0.2, -0.15) is 0 Å². The molecule has 2 N–H and O–H groups in total. The van der Waals surface area contributed by atoms with Gasteiger partial charge in [0.2, 0.25) is 5.91 Å². The van der Waals surface area contributed by atoms with E-state index in [0.29, 0.717) is 12.1 Å². The summed E-state index contributed by atoms with van der Waals surface area (Å²) >= 11 is 0. The lowest BCUT2D eigenvalue weighted by atomic mass is 10.1. The molecule has 1 aliphatic carbocycles. The Hall–Kier alpha value is -0.610. The highest BCUT2D eigenvalue weighted by Gasteiger charge is 2.31. The number of nitrogens with one attached hydrogen (secondary N) is 2. The Morgan fingerprint density at radius 2 is 2.06 bits per heavy atom. The molecule has 0 bridgehead atoms. The molecule has 4 heteroatoms. The van der Waals surface area contributed by atoms with Crippen molar-refractivity contribution in [2.45, 2.75) is 64.1 Å². The summed E-state index contributed by atoms with van der Waals surface area (Å²) in [7, 11) is 0. The second-order valence-corrected chi connectivity index (χ2v) is 5.72. The molecule has 18 heavy (non-hydrogen) atoms. The first-order valence-electron chi connectivity index (χ1n) is 7.49. The normalized spacial score (nSPS) is 23.1. The van der Waals surface area contributed by atoms with E-state index in [4.69, 9.17) is 0 Å². The van der Waals surface area contributed by atoms with Gasteiger partial charge in [-0.1, -0.05) is 19.8 Å². The van der Waals surface area contributed by atoms with Crippen molar-refractivity contribution < 1.29 is 4.79 Å². The summed E-state index contributed by atoms with van der Waals surface area (Å²) in [4.78, 5) is 14.6. The van der Waals surface area contributed by atoms with E-state index >= 15 is 0 Å². The topological polar surface area (TPSA) is 44.4 Å². The van der Waals surface area contributed by atoms with Crippen LogP contribution in [-0.4, -0.2) is 48.6 Å². The van der Waals surface area contributed by atoms with E-state index in [2.05, 4.69) is 29.4 Å². The van der Waals surface area contributed by atoms with Crippen molar-refractivity contribution in [2.24, 2.45) is 0 Å². The van der Waals surface area contributed by atoms with E-state index < -0.39 is 0 Å². The molecule has 2 fully saturated rings. The van der Waals surface area contributed by atoms with Crippen LogP contribution in [-0.2, 0) is 4.79 Å². The molecule has 0 radical (unpaired) electrons. The highest BCUT2D eigenvalue weighted by atomic mass is 16.2. The second kappa shape index (κ2) is 6.53. The van der Waals surface area contributed by atoms with E-state index in [0.717, 1.165) is 38.9 Å². The minimum atomic E-state index is 0.0117. The largest absolute Gasteiger partial charge is 0.352 e. The fourth-order valence-electron chi connectivity index (χ4n) is 3.00. The first-order valence-corrected chi connectivity index (χ1v) is 7.49. The van der Waals surface area contributed by atoms with Gasteiger partial charge >= 0.3 is 0 Å². The molecule has 0 aromatic rings. The maximum atomic E-state index is 12.3. The zero-order valence-electron chi connectivity index (χ0n) is 11.7. The molecule has 4 nitrogen and oxygen atoms in total. The van der Waals surface area contributed by atoms with Gasteiger partial charge in [-0.25, -0.2) is 0 Å². The number of hydrogen-bond donors (Lipinski definition) is 2. The van der Waals surface area contributed by atoms with Crippen LogP contribution in [0.3, 0.4) is 0 Å². The smallest absolute Gasteiger partial charge is 0.237 e. The molecule has 1 saturated heterocycles. The van der Waals surface area contributed by atoms with Crippen LogP contribution in [0.15, 0.2) is 0 Å². The quantitative estimate of drug-likeness (QED) is 0.745. The number of carbonyl (C=O) groups is 1. The van der Waals surface area contributed by atoms with E-state index in [-0.39, 0.29) is 11.9 Å². The summed E-state index contributed by atoms with van der Waals surface area (Å²) < 4.78 is 0. The fourth-order valence-corrected chi connectivity index (χ4v) is 3.00. The minimum Gasteiger partial charge on any atom is -0.352 e. The third-order valence-corrected chi connectivity index (χ3v) is 4.29. The Labute approximate surface area is 110 Å². The van der Waals surface area contributed by atoms with E-state index in [9.17, 15) is 4.79 Å². The molecular formula is C14H27N3O. The van der Waals surface area contributed by atoms with Gasteiger partial charge in [0.15, 0.2) is 0 Å². The molecule has 0 spiro atoms. The van der Waals surface area contributed by atoms with E-state index in [1.807, 2.05) is 0 Å². The van der Waals surface area contributed by atoms with E-state index in [1.165, 1.54) is 12.8 Å². The Kier molecular flexibility index (Phi) is 5.01. The summed E-state index contributed by atoms with van der Waals surface area (Å²) in [5.74, 6) is 0.224. The summed E-state index contributed by atoms with van der Waals surface area (Å²) in [6, 6.07) is 0.995. The highest BCUT2D eigenvalue weighted by molar-refractivity contribution is 5.81. The van der Waals surface area contributed by atoms with E-state index in [1.54, 1.807) is 0 Å². The Morgan fingerprint density at radius 1 is 1.39 bits per heavy atom. The fraction of sp³-hybridized carbons (Fsp3) is 0.929. The van der Waals surface area contributed by atoms with Crippen molar-refractivity contribution in [3.8, 4) is 0 Å². The van der Waals surface area contributed by atoms with Crippen molar-refractivity contribution >= 4 is 5.91 Å². The molecule has 1 saturated carbocycles. The van der Waals surface area contributed by atoms with Gasteiger partial charge in [-0.3, -0.25) is 9.69 Å². The molecule has 0 aromatic heterocycles. The van der Waals surface area contributed by atoms with Gasteiger partial charge < -0.3 is 10.6 Å². The van der Waals surface area contributed by atoms with Gasteiger partial charge in [-0.05, 0) is 32.7 Å². The lowest BCUT2D eigenvalue weighted by Crippen LogP contribution is -2.62. The lowest BCUT2D eigenvalue weighted by molar-refractivity contribution is -0.128. The molecule has 1 amide bonds. The van der Waals surface area contributed by atoms with Gasteiger partial charge in [0, 0.05) is 25.2 Å². The number of carbonyl (C=O) groups excluding carboxylic acids is 1. The van der Waals surface area contributed by atoms with Crippen LogP contribution in [0, 0.1) is 0 Å². The molecule has 1 unspecified atom stereocenters. The summed E-state index contributed by atoms with van der Waals surface area (Å²) in [5, 5.41) is 6.51. The molecule has 1 aliphatic heterocycles. The predicted octanol–water partition coefficient (Wildman–Crippen LogP) is 1.12. The standard InChI is InChI=1S/C14H27N3O/c1-3-8-17(13-9-15-10-13)11(2)14(18)16-12-6-4-5-7-12/h11-13,15H,3-10H2,1-2H3,(H,16,18). The van der Waals surface area contributed by atoms with Crippen LogP contribution in [0.1, 0.15) is 46.0 Å². The number of nitrogens with zero attached hydrogens (tertiary/aromatic N) is 1. The predicted molar refractivity (Wildman–Crippen MR) is 73.5 cm³/mol. The maximum Gasteiger partial charge on any atom is 0.237 e. The van der Waals surface area contributed by atoms with Gasteiger partial charge in [-0.15, -0.1) is 0 Å². The first-order chi connectivity index (χ1) is 8.72. The van der Waals surface area contributed by atoms with Crippen LogP contribution >= 0.6 is 0 Å². The maximum absolute atomic E-state index is 12.3. The number of rotatable bonds is 6. The van der Waals surface area contributed by atoms with Crippen molar-refractivity contribution in [1.29, 1.82) is 0 Å². The molecule has 2 rings (SSSR count). The minimum absolute atomic E-state index is 0.0117. The zero-order chi connectivity index (χ0) is 13.0. The van der Waals surface area contributed by atoms with Gasteiger partial charge in [0.25, 0.3) is 0 Å². The number of amides is 1. The van der Waals surface area contributed by atoms with Crippen molar-refractivity contribution in [1.82, 2.24) is 15.5 Å². The monoisotopic (exact) mass is 253 g/mol. The SMILES string of the molecule is CCCN(C1CNC1)C(C)C(=O)NC1CCCC1. The van der Waals surface area contributed by atoms with Crippen LogP contribution in [0.25, 0.3) is 0 Å². The molecule has 104 valence electrons. The molecule has 1 heterocycles. The molecule has 2 aliphatic rings. The second-order valence-electron chi connectivity index (χ2n) is 5.72.